The number of benzene rings is 1. The summed E-state index contributed by atoms with van der Waals surface area (Å²) in [5.74, 6) is -0.976. The van der Waals surface area contributed by atoms with Crippen molar-refractivity contribution in [2.45, 2.75) is 5.03 Å². The number of halogens is 4. The smallest absolute Gasteiger partial charge is 0.277 e. The SMILES string of the molecule is O=S(=O)(Nc1cc(Cl)c(Cl)cc1Cl)c1ncccc1F. The molecule has 0 fully saturated rings. The van der Waals surface area contributed by atoms with E-state index in [2.05, 4.69) is 9.71 Å². The normalized spacial score (nSPS) is 11.4. The molecule has 9 heteroatoms. The van der Waals surface area contributed by atoms with Crippen LogP contribution < -0.4 is 4.72 Å². The second-order valence-electron chi connectivity index (χ2n) is 3.64. The van der Waals surface area contributed by atoms with E-state index in [1.807, 2.05) is 0 Å². The highest BCUT2D eigenvalue weighted by Gasteiger charge is 2.22. The van der Waals surface area contributed by atoms with Crippen LogP contribution in [0.25, 0.3) is 0 Å². The highest BCUT2D eigenvalue weighted by atomic mass is 35.5. The third kappa shape index (κ3) is 3.15. The third-order valence-corrected chi connectivity index (χ3v) is 4.57. The third-order valence-electron chi connectivity index (χ3n) is 2.23. The molecule has 20 heavy (non-hydrogen) atoms. The highest BCUT2D eigenvalue weighted by molar-refractivity contribution is 7.92. The molecule has 1 aromatic heterocycles. The van der Waals surface area contributed by atoms with Crippen LogP contribution in [0.3, 0.4) is 0 Å². The molecule has 1 aromatic carbocycles. The van der Waals surface area contributed by atoms with Gasteiger partial charge in [-0.3, -0.25) is 4.72 Å². The molecule has 0 aliphatic carbocycles. The summed E-state index contributed by atoms with van der Waals surface area (Å²) in [6.07, 6.45) is 1.16. The molecule has 1 N–H and O–H groups in total. The van der Waals surface area contributed by atoms with Crippen molar-refractivity contribution in [3.05, 3.63) is 51.3 Å². The predicted octanol–water partition coefficient (Wildman–Crippen LogP) is 3.98. The van der Waals surface area contributed by atoms with Gasteiger partial charge >= 0.3 is 0 Å². The van der Waals surface area contributed by atoms with E-state index < -0.39 is 20.9 Å². The van der Waals surface area contributed by atoms with Crippen molar-refractivity contribution in [2.24, 2.45) is 0 Å². The summed E-state index contributed by atoms with van der Waals surface area (Å²) in [5, 5.41) is -0.430. The molecule has 0 aliphatic heterocycles. The zero-order valence-corrected chi connectivity index (χ0v) is 12.7. The lowest BCUT2D eigenvalue weighted by atomic mass is 10.3. The summed E-state index contributed by atoms with van der Waals surface area (Å²) in [4.78, 5) is 3.49. The number of aromatic nitrogens is 1. The van der Waals surface area contributed by atoms with Crippen molar-refractivity contribution in [1.82, 2.24) is 4.98 Å². The number of nitrogens with one attached hydrogen (secondary N) is 1. The average Bonchev–Trinajstić information content (AvgIpc) is 2.36. The zero-order chi connectivity index (χ0) is 14.9. The molecule has 0 bridgehead atoms. The van der Waals surface area contributed by atoms with E-state index in [4.69, 9.17) is 34.8 Å². The molecule has 0 saturated carbocycles. The van der Waals surface area contributed by atoms with Gasteiger partial charge < -0.3 is 0 Å². The minimum atomic E-state index is -4.22. The fourth-order valence-corrected chi connectivity index (χ4v) is 3.09. The minimum absolute atomic E-state index is 0.0221. The van der Waals surface area contributed by atoms with Crippen LogP contribution in [0.15, 0.2) is 35.5 Å². The van der Waals surface area contributed by atoms with Crippen LogP contribution >= 0.6 is 34.8 Å². The molecule has 106 valence electrons. The lowest BCUT2D eigenvalue weighted by Crippen LogP contribution is -2.16. The Morgan fingerprint density at radius 3 is 2.40 bits per heavy atom. The Morgan fingerprint density at radius 1 is 1.10 bits per heavy atom. The lowest BCUT2D eigenvalue weighted by Gasteiger charge is -2.10. The Morgan fingerprint density at radius 2 is 1.75 bits per heavy atom. The number of sulfonamides is 1. The largest absolute Gasteiger partial charge is 0.282 e. The van der Waals surface area contributed by atoms with Gasteiger partial charge in [0.25, 0.3) is 10.0 Å². The molecule has 0 saturated heterocycles. The number of hydrogen-bond donors (Lipinski definition) is 1. The van der Waals surface area contributed by atoms with Gasteiger partial charge in [-0.15, -0.1) is 0 Å². The molecule has 4 nitrogen and oxygen atoms in total. The van der Waals surface area contributed by atoms with Crippen molar-refractivity contribution >= 4 is 50.5 Å². The van der Waals surface area contributed by atoms with Gasteiger partial charge in [0.2, 0.25) is 5.03 Å². The van der Waals surface area contributed by atoms with E-state index >= 15 is 0 Å². The number of anilines is 1. The second kappa shape index (κ2) is 5.73. The van der Waals surface area contributed by atoms with Gasteiger partial charge in [0.1, 0.15) is 0 Å². The zero-order valence-electron chi connectivity index (χ0n) is 9.57. The monoisotopic (exact) mass is 354 g/mol. The topological polar surface area (TPSA) is 59.1 Å². The van der Waals surface area contributed by atoms with Gasteiger partial charge in [0.05, 0.1) is 20.8 Å². The highest BCUT2D eigenvalue weighted by Crippen LogP contribution is 2.33. The summed E-state index contributed by atoms with van der Waals surface area (Å²) < 4.78 is 39.6. The van der Waals surface area contributed by atoms with E-state index in [9.17, 15) is 12.8 Å². The van der Waals surface area contributed by atoms with E-state index in [1.165, 1.54) is 18.2 Å². The van der Waals surface area contributed by atoms with Gasteiger partial charge in [0, 0.05) is 6.20 Å². The molecule has 0 amide bonds. The maximum absolute atomic E-state index is 13.5. The molecule has 2 aromatic rings. The van der Waals surface area contributed by atoms with Crippen LogP contribution in [0.4, 0.5) is 10.1 Å². The molecule has 0 atom stereocenters. The van der Waals surface area contributed by atoms with Crippen LogP contribution in [0, 0.1) is 5.82 Å². The number of rotatable bonds is 3. The first-order valence-electron chi connectivity index (χ1n) is 5.09. The maximum atomic E-state index is 13.5. The molecule has 0 spiro atoms. The van der Waals surface area contributed by atoms with Crippen molar-refractivity contribution in [3.63, 3.8) is 0 Å². The fraction of sp³-hybridized carbons (Fsp3) is 0. The van der Waals surface area contributed by atoms with Gasteiger partial charge in [-0.05, 0) is 24.3 Å². The Kier molecular flexibility index (Phi) is 4.39. The molecular weight excluding hydrogens is 350 g/mol. The average molecular weight is 356 g/mol. The standard InChI is InChI=1S/C11H6Cl3FN2O2S/c12-6-4-8(14)10(5-7(6)13)17-20(18,19)11-9(15)2-1-3-16-11/h1-5,17H. The van der Waals surface area contributed by atoms with Crippen LogP contribution in [0.1, 0.15) is 0 Å². The Hall–Kier alpha value is -1.08. The van der Waals surface area contributed by atoms with Crippen molar-refractivity contribution < 1.29 is 12.8 Å². The summed E-state index contributed by atoms with van der Waals surface area (Å²) in [6, 6.07) is 4.77. The first kappa shape index (κ1) is 15.3. The molecule has 0 unspecified atom stereocenters. The number of nitrogens with zero attached hydrogens (tertiary/aromatic N) is 1. The molecular formula is C11H6Cl3FN2O2S. The van der Waals surface area contributed by atoms with Crippen molar-refractivity contribution in [1.29, 1.82) is 0 Å². The lowest BCUT2D eigenvalue weighted by molar-refractivity contribution is 0.557. The van der Waals surface area contributed by atoms with Crippen LogP contribution in [-0.2, 0) is 10.0 Å². The number of pyridine rings is 1. The Labute approximate surface area is 129 Å². The summed E-state index contributed by atoms with van der Waals surface area (Å²) in [6.45, 7) is 0. The van der Waals surface area contributed by atoms with E-state index in [0.717, 1.165) is 12.3 Å². The quantitative estimate of drug-likeness (QED) is 0.847. The molecule has 2 rings (SSSR count). The van der Waals surface area contributed by atoms with Crippen LogP contribution in [0.5, 0.6) is 0 Å². The molecule has 1 heterocycles. The number of hydrogen-bond acceptors (Lipinski definition) is 3. The van der Waals surface area contributed by atoms with Gasteiger partial charge in [-0.25, -0.2) is 9.37 Å². The predicted molar refractivity (Wildman–Crippen MR) is 76.5 cm³/mol. The van der Waals surface area contributed by atoms with Crippen LogP contribution in [-0.4, -0.2) is 13.4 Å². The van der Waals surface area contributed by atoms with Gasteiger partial charge in [-0.2, -0.15) is 8.42 Å². The Balaban J connectivity index is 2.44. The summed E-state index contributed by atoms with van der Waals surface area (Å²) in [7, 11) is -4.22. The first-order chi connectivity index (χ1) is 9.31. The van der Waals surface area contributed by atoms with E-state index in [-0.39, 0.29) is 20.8 Å². The summed E-state index contributed by atoms with van der Waals surface area (Å²) >= 11 is 17.4. The fourth-order valence-electron chi connectivity index (χ4n) is 1.36. The van der Waals surface area contributed by atoms with E-state index in [1.54, 1.807) is 0 Å². The first-order valence-corrected chi connectivity index (χ1v) is 7.71. The van der Waals surface area contributed by atoms with Gasteiger partial charge in [0.15, 0.2) is 5.82 Å². The minimum Gasteiger partial charge on any atom is -0.277 e. The van der Waals surface area contributed by atoms with Crippen molar-refractivity contribution in [3.8, 4) is 0 Å². The van der Waals surface area contributed by atoms with E-state index in [0.29, 0.717) is 0 Å². The molecule has 0 aliphatic rings. The summed E-state index contributed by atoms with van der Waals surface area (Å²) in [5.41, 5.74) is -0.0221. The maximum Gasteiger partial charge on any atom is 0.282 e. The van der Waals surface area contributed by atoms with Crippen molar-refractivity contribution in [2.75, 3.05) is 4.72 Å². The van der Waals surface area contributed by atoms with Crippen LogP contribution in [0.2, 0.25) is 15.1 Å². The molecule has 0 radical (unpaired) electrons. The second-order valence-corrected chi connectivity index (χ2v) is 6.46. The Bertz CT molecular complexity index is 768. The van der Waals surface area contributed by atoms with Gasteiger partial charge in [-0.1, -0.05) is 34.8 Å².